The smallest absolute Gasteiger partial charge is 0.243 e. The molecule has 1 spiro atoms. The minimum Gasteiger partial charge on any atom is -0.763 e. The van der Waals surface area contributed by atoms with Gasteiger partial charge in [0.15, 0.2) is 0 Å². The number of piperidine rings is 1. The molecule has 1 aliphatic carbocycles. The third-order valence-corrected chi connectivity index (χ3v) is 4.49. The van der Waals surface area contributed by atoms with Crippen molar-refractivity contribution in [3.8, 4) is 6.07 Å². The number of amides is 1. The number of hydrogen-bond acceptors (Lipinski definition) is 3. The summed E-state index contributed by atoms with van der Waals surface area (Å²) in [5, 5.41) is 21.1. The molecule has 1 N–H and O–H groups in total. The molecule has 2 aliphatic rings. The summed E-state index contributed by atoms with van der Waals surface area (Å²) in [5.41, 5.74) is -0.217. The minimum absolute atomic E-state index is 0.212. The summed E-state index contributed by atoms with van der Waals surface area (Å²) in [4.78, 5) is 12.1. The van der Waals surface area contributed by atoms with Crippen LogP contribution in [-0.4, -0.2) is 16.8 Å². The second-order valence-corrected chi connectivity index (χ2v) is 5.61. The maximum atomic E-state index is 11.9. The highest BCUT2D eigenvalue weighted by molar-refractivity contribution is 7.80. The van der Waals surface area contributed by atoms with E-state index in [0.29, 0.717) is 24.3 Å². The lowest BCUT2D eigenvalue weighted by molar-refractivity contribution is -0.126. The van der Waals surface area contributed by atoms with Crippen molar-refractivity contribution in [2.24, 2.45) is 17.3 Å². The Morgan fingerprint density at radius 3 is 2.61 bits per heavy atom. The van der Waals surface area contributed by atoms with Crippen LogP contribution in [0, 0.1) is 28.6 Å². The molecule has 0 radical (unpaired) electrons. The highest BCUT2D eigenvalue weighted by Crippen LogP contribution is 2.50. The zero-order valence-corrected chi connectivity index (χ0v) is 11.0. The van der Waals surface area contributed by atoms with E-state index in [1.807, 2.05) is 0 Å². The number of carbonyl (C=O) groups is 1. The first-order valence-corrected chi connectivity index (χ1v) is 6.48. The molecule has 1 atom stereocenters. The number of rotatable bonds is 0. The number of carbonyl (C=O) groups excluding carboxylic acids is 1. The van der Waals surface area contributed by atoms with Gasteiger partial charge in [-0.1, -0.05) is 19.1 Å². The molecule has 94 valence electrons. The van der Waals surface area contributed by atoms with Gasteiger partial charge in [-0.05, 0) is 31.6 Å². The Morgan fingerprint density at radius 2 is 2.11 bits per heavy atom. The number of nitrogens with one attached hydrogen (secondary N) is 1. The fraction of sp³-hybridized carbons (Fsp3) is 0.615. The normalized spacial score (nSPS) is 35.9. The van der Waals surface area contributed by atoms with E-state index in [9.17, 15) is 15.5 Å². The van der Waals surface area contributed by atoms with Crippen molar-refractivity contribution in [2.75, 3.05) is 0 Å². The molecule has 0 aromatic heterocycles. The summed E-state index contributed by atoms with van der Waals surface area (Å²) in [5.74, 6) is 1.56. The third-order valence-electron chi connectivity index (χ3n) is 4.18. The van der Waals surface area contributed by atoms with Crippen molar-refractivity contribution >= 4 is 29.0 Å². The van der Waals surface area contributed by atoms with Crippen LogP contribution in [0.15, 0.2) is 5.57 Å². The summed E-state index contributed by atoms with van der Waals surface area (Å²) in [6, 6.07) is 2.07. The van der Waals surface area contributed by atoms with Gasteiger partial charge in [-0.25, -0.2) is 0 Å². The molecule has 1 aliphatic heterocycles. The van der Waals surface area contributed by atoms with E-state index in [1.54, 1.807) is 0 Å². The zero-order chi connectivity index (χ0) is 13.3. The molecule has 2 rings (SSSR count). The number of nitrogens with zero attached hydrogens (tertiary/aromatic N) is 2. The first kappa shape index (κ1) is 12.9. The van der Waals surface area contributed by atoms with E-state index in [-0.39, 0.29) is 10.9 Å². The molecule has 1 saturated heterocycles. The van der Waals surface area contributed by atoms with Gasteiger partial charge in [0.05, 0.1) is 6.07 Å². The lowest BCUT2D eigenvalue weighted by Gasteiger charge is -2.46. The van der Waals surface area contributed by atoms with Crippen molar-refractivity contribution < 1.29 is 4.79 Å². The average Bonchev–Trinajstić information content (AvgIpc) is 2.33. The summed E-state index contributed by atoms with van der Waals surface area (Å²) in [6.45, 7) is 2.15. The Hall–Kier alpha value is -1.50. The highest BCUT2D eigenvalue weighted by Gasteiger charge is 2.51. The molecule has 2 fully saturated rings. The fourth-order valence-corrected chi connectivity index (χ4v) is 3.38. The van der Waals surface area contributed by atoms with Crippen molar-refractivity contribution in [1.29, 1.82) is 5.26 Å². The first-order valence-electron chi connectivity index (χ1n) is 6.07. The molecule has 0 bridgehead atoms. The van der Waals surface area contributed by atoms with Gasteiger partial charge in [0, 0.05) is 11.0 Å². The van der Waals surface area contributed by atoms with E-state index in [4.69, 9.17) is 12.2 Å². The minimum atomic E-state index is -0.786. The van der Waals surface area contributed by atoms with E-state index < -0.39 is 11.3 Å². The SMILES string of the molecule is CC1CCC2(CC1)C(=C=[N-])C(=S)NC(=O)[C@H]2C#N. The van der Waals surface area contributed by atoms with Gasteiger partial charge in [-0.3, -0.25) is 10.7 Å². The highest BCUT2D eigenvalue weighted by atomic mass is 32.1. The molecule has 1 amide bonds. The Balaban J connectivity index is 2.49. The molecule has 4 nitrogen and oxygen atoms in total. The fourth-order valence-electron chi connectivity index (χ4n) is 3.03. The van der Waals surface area contributed by atoms with Crippen molar-refractivity contribution in [2.45, 2.75) is 32.6 Å². The Kier molecular flexibility index (Phi) is 3.34. The predicted octanol–water partition coefficient (Wildman–Crippen LogP) is 1.95. The monoisotopic (exact) mass is 260 g/mol. The number of nitriles is 1. The Bertz CT molecular complexity index is 491. The largest absolute Gasteiger partial charge is 0.763 e. The number of thiocarbonyl (C=S) groups is 1. The Morgan fingerprint density at radius 1 is 1.50 bits per heavy atom. The van der Waals surface area contributed by atoms with Gasteiger partial charge in [0.25, 0.3) is 0 Å². The van der Waals surface area contributed by atoms with E-state index in [1.165, 1.54) is 0 Å². The molecule has 5 heteroatoms. The van der Waals surface area contributed by atoms with Crippen molar-refractivity contribution in [1.82, 2.24) is 5.32 Å². The standard InChI is InChI=1S/C13H14N3OS/c1-8-2-4-13(5-3-8)9(6-14)11(17)16-12(18)10(13)7-15/h8-9H,2-5H2,1H3,(H,16,17,18)/q-1/t8?,9-,13?/m1/s1. The van der Waals surface area contributed by atoms with Crippen molar-refractivity contribution in [3.63, 3.8) is 0 Å². The third kappa shape index (κ3) is 1.78. The molecular weight excluding hydrogens is 246 g/mol. The van der Waals surface area contributed by atoms with Gasteiger partial charge in [0.2, 0.25) is 5.91 Å². The van der Waals surface area contributed by atoms with Crippen LogP contribution in [-0.2, 0) is 4.79 Å². The summed E-state index contributed by atoms with van der Waals surface area (Å²) >= 11 is 5.09. The molecular formula is C13H14N3OS-. The van der Waals surface area contributed by atoms with Crippen LogP contribution >= 0.6 is 12.2 Å². The van der Waals surface area contributed by atoms with Gasteiger partial charge in [0.1, 0.15) is 10.9 Å². The van der Waals surface area contributed by atoms with Gasteiger partial charge >= 0.3 is 0 Å². The van der Waals surface area contributed by atoms with Gasteiger partial charge in [-0.2, -0.15) is 5.26 Å². The quantitative estimate of drug-likeness (QED) is 0.411. The molecule has 0 aromatic rings. The van der Waals surface area contributed by atoms with Crippen LogP contribution in [0.1, 0.15) is 32.6 Å². The van der Waals surface area contributed by atoms with Gasteiger partial charge in [-0.15, -0.1) is 0 Å². The van der Waals surface area contributed by atoms with Gasteiger partial charge < -0.3 is 10.7 Å². The second kappa shape index (κ2) is 4.64. The first-order chi connectivity index (χ1) is 8.55. The molecule has 0 unspecified atom stereocenters. The lowest BCUT2D eigenvalue weighted by Crippen LogP contribution is -2.54. The van der Waals surface area contributed by atoms with Crippen molar-refractivity contribution in [3.05, 3.63) is 11.0 Å². The van der Waals surface area contributed by atoms with Crippen LogP contribution in [0.25, 0.3) is 5.41 Å². The maximum Gasteiger partial charge on any atom is 0.243 e. The van der Waals surface area contributed by atoms with E-state index >= 15 is 0 Å². The number of hydrogen-bond donors (Lipinski definition) is 1. The molecule has 0 aromatic carbocycles. The van der Waals surface area contributed by atoms with E-state index in [2.05, 4.69) is 24.2 Å². The summed E-state index contributed by atoms with van der Waals surface area (Å²) in [6.07, 6.45) is 3.25. The predicted molar refractivity (Wildman–Crippen MR) is 71.8 cm³/mol. The van der Waals surface area contributed by atoms with Crippen LogP contribution in [0.2, 0.25) is 0 Å². The molecule has 18 heavy (non-hydrogen) atoms. The summed E-state index contributed by atoms with van der Waals surface area (Å²) < 4.78 is 0. The zero-order valence-electron chi connectivity index (χ0n) is 10.2. The second-order valence-electron chi connectivity index (χ2n) is 5.21. The van der Waals surface area contributed by atoms with Crippen LogP contribution in [0.3, 0.4) is 0 Å². The molecule has 1 heterocycles. The topological polar surface area (TPSA) is 75.2 Å². The van der Waals surface area contributed by atoms with Crippen LogP contribution < -0.4 is 5.32 Å². The summed E-state index contributed by atoms with van der Waals surface area (Å²) in [7, 11) is 0. The Labute approximate surface area is 112 Å². The average molecular weight is 260 g/mol. The van der Waals surface area contributed by atoms with Crippen LogP contribution in [0.4, 0.5) is 0 Å². The lowest BCUT2D eigenvalue weighted by atomic mass is 9.59. The maximum absolute atomic E-state index is 11.9. The van der Waals surface area contributed by atoms with E-state index in [0.717, 1.165) is 12.8 Å². The molecule has 1 saturated carbocycles. The van der Waals surface area contributed by atoms with Crippen LogP contribution in [0.5, 0.6) is 0 Å².